The molecule has 0 atom stereocenters. The average Bonchev–Trinajstić information content (AvgIpc) is 3.89. The fraction of sp³-hybridized carbons (Fsp3) is 0.333. The number of nitrogens with zero attached hydrogens (tertiary/aromatic N) is 4. The maximum atomic E-state index is 5.52. The summed E-state index contributed by atoms with van der Waals surface area (Å²) in [6.07, 6.45) is 11.2. The van der Waals surface area contributed by atoms with Crippen molar-refractivity contribution < 1.29 is 4.74 Å². The summed E-state index contributed by atoms with van der Waals surface area (Å²) in [6.45, 7) is 4.29. The summed E-state index contributed by atoms with van der Waals surface area (Å²) >= 11 is 0. The van der Waals surface area contributed by atoms with E-state index in [4.69, 9.17) is 9.73 Å². The van der Waals surface area contributed by atoms with E-state index in [2.05, 4.69) is 82.6 Å². The predicted molar refractivity (Wildman–Crippen MR) is 173 cm³/mol. The first-order valence-corrected chi connectivity index (χ1v) is 15.3. The zero-order chi connectivity index (χ0) is 28.9. The van der Waals surface area contributed by atoms with Gasteiger partial charge in [-0.25, -0.2) is 9.98 Å². The molecule has 0 unspecified atom stereocenters. The van der Waals surface area contributed by atoms with Gasteiger partial charge in [-0.05, 0) is 73.9 Å². The first-order chi connectivity index (χ1) is 20.7. The Morgan fingerprint density at radius 3 is 2.33 bits per heavy atom. The lowest BCUT2D eigenvalue weighted by Gasteiger charge is -2.38. The number of hydrogen-bond donors (Lipinski definition) is 1. The maximum absolute atomic E-state index is 5.52. The Labute approximate surface area is 250 Å². The summed E-state index contributed by atoms with van der Waals surface area (Å²) in [7, 11) is 3.92. The van der Waals surface area contributed by atoms with E-state index in [1.165, 1.54) is 54.6 Å². The zero-order valence-corrected chi connectivity index (χ0v) is 25.0. The van der Waals surface area contributed by atoms with Gasteiger partial charge in [0, 0.05) is 49.1 Å². The van der Waals surface area contributed by atoms with Crippen LogP contribution in [0.2, 0.25) is 0 Å². The fourth-order valence-electron chi connectivity index (χ4n) is 6.10. The number of allylic oxidation sites excluding steroid dienone is 3. The zero-order valence-electron chi connectivity index (χ0n) is 25.0. The van der Waals surface area contributed by atoms with Gasteiger partial charge in [0.05, 0.1) is 12.8 Å². The number of piperidine rings is 1. The van der Waals surface area contributed by atoms with E-state index in [0.29, 0.717) is 5.92 Å². The minimum Gasteiger partial charge on any atom is -0.497 e. The van der Waals surface area contributed by atoms with Crippen LogP contribution < -0.4 is 10.1 Å². The van der Waals surface area contributed by atoms with Gasteiger partial charge in [0.25, 0.3) is 0 Å². The van der Waals surface area contributed by atoms with Crippen molar-refractivity contribution in [3.8, 4) is 5.75 Å². The average molecular weight is 560 g/mol. The third kappa shape index (κ3) is 5.85. The van der Waals surface area contributed by atoms with Crippen LogP contribution in [0.25, 0.3) is 11.1 Å². The Kier molecular flexibility index (Phi) is 8.40. The first-order valence-electron chi connectivity index (χ1n) is 15.3. The van der Waals surface area contributed by atoms with Crippen LogP contribution in [0.3, 0.4) is 0 Å². The molecule has 3 heterocycles. The number of hydrogen-bond acceptors (Lipinski definition) is 6. The molecule has 6 heteroatoms. The van der Waals surface area contributed by atoms with Gasteiger partial charge in [0.15, 0.2) is 5.82 Å². The van der Waals surface area contributed by atoms with Gasteiger partial charge in [-0.1, -0.05) is 61.5 Å². The number of methoxy groups -OCH3 is 1. The number of ether oxygens (including phenoxy) is 1. The van der Waals surface area contributed by atoms with E-state index < -0.39 is 0 Å². The van der Waals surface area contributed by atoms with Crippen LogP contribution in [0, 0.1) is 5.92 Å². The summed E-state index contributed by atoms with van der Waals surface area (Å²) in [5.41, 5.74) is 7.28. The molecule has 6 rings (SSSR count). The number of aliphatic imine (C=N–C) groups is 1. The molecule has 0 bridgehead atoms. The lowest BCUT2D eigenvalue weighted by atomic mass is 9.95. The fourth-order valence-corrected chi connectivity index (χ4v) is 6.10. The first kappa shape index (κ1) is 27.8. The molecule has 2 fully saturated rings. The van der Waals surface area contributed by atoms with Crippen LogP contribution in [0.15, 0.2) is 107 Å². The van der Waals surface area contributed by atoms with Gasteiger partial charge in [-0.3, -0.25) is 0 Å². The topological polar surface area (TPSA) is 53.0 Å². The van der Waals surface area contributed by atoms with E-state index in [1.54, 1.807) is 7.11 Å². The molecule has 216 valence electrons. The van der Waals surface area contributed by atoms with E-state index in [9.17, 15) is 0 Å². The molecule has 2 aromatic carbocycles. The third-order valence-electron chi connectivity index (χ3n) is 8.28. The quantitative estimate of drug-likeness (QED) is 0.305. The number of nitrogens with one attached hydrogen (secondary N) is 1. The second-order valence-electron chi connectivity index (χ2n) is 11.2. The maximum Gasteiger partial charge on any atom is 0.159 e. The highest BCUT2D eigenvalue weighted by atomic mass is 16.5. The molecule has 1 saturated carbocycles. The highest BCUT2D eigenvalue weighted by Crippen LogP contribution is 2.47. The predicted octanol–water partition coefficient (Wildman–Crippen LogP) is 7.82. The van der Waals surface area contributed by atoms with Crippen LogP contribution in [0.4, 0.5) is 5.82 Å². The molecule has 1 aliphatic carbocycles. The van der Waals surface area contributed by atoms with Gasteiger partial charge in [-0.2, -0.15) is 0 Å². The highest BCUT2D eigenvalue weighted by Gasteiger charge is 2.38. The van der Waals surface area contributed by atoms with E-state index >= 15 is 0 Å². The molecule has 6 nitrogen and oxygen atoms in total. The molecule has 1 aromatic heterocycles. The van der Waals surface area contributed by atoms with Gasteiger partial charge < -0.3 is 19.9 Å². The van der Waals surface area contributed by atoms with Gasteiger partial charge in [0.1, 0.15) is 17.4 Å². The lowest BCUT2D eigenvalue weighted by Crippen LogP contribution is -2.36. The molecule has 3 aliphatic rings. The van der Waals surface area contributed by atoms with Crippen molar-refractivity contribution in [2.24, 2.45) is 10.9 Å². The van der Waals surface area contributed by atoms with Crippen molar-refractivity contribution in [3.05, 3.63) is 113 Å². The summed E-state index contributed by atoms with van der Waals surface area (Å²) in [4.78, 5) is 15.1. The van der Waals surface area contributed by atoms with Crippen LogP contribution in [0.5, 0.6) is 5.75 Å². The molecule has 1 saturated heterocycles. The monoisotopic (exact) mass is 559 g/mol. The molecule has 0 radical (unpaired) electrons. The second kappa shape index (κ2) is 12.7. The van der Waals surface area contributed by atoms with Crippen LogP contribution in [-0.2, 0) is 0 Å². The Balaban J connectivity index is 1.59. The van der Waals surface area contributed by atoms with Crippen LogP contribution >= 0.6 is 0 Å². The highest BCUT2D eigenvalue weighted by molar-refractivity contribution is 6.30. The third-order valence-corrected chi connectivity index (χ3v) is 8.28. The number of likely N-dealkylation sites (tertiary alicyclic amines) is 1. The SMILES string of the molecule is CC/C=C(\C(=C1\N=C(Nc2ccccn2)C(c2ccc(OC)cc2)=C(C2CC2)N1C)N1CCCCC1)c1ccccc1. The van der Waals surface area contributed by atoms with E-state index in [-0.39, 0.29) is 0 Å². The Hall–Kier alpha value is -4.32. The van der Waals surface area contributed by atoms with Gasteiger partial charge in [0.2, 0.25) is 0 Å². The summed E-state index contributed by atoms with van der Waals surface area (Å²) in [5.74, 6) is 3.95. The van der Waals surface area contributed by atoms with Crippen molar-refractivity contribution in [2.75, 3.05) is 32.6 Å². The number of benzene rings is 2. The van der Waals surface area contributed by atoms with Crippen LogP contribution in [0.1, 0.15) is 56.6 Å². The van der Waals surface area contributed by atoms with Crippen molar-refractivity contribution in [1.82, 2.24) is 14.8 Å². The number of aromatic nitrogens is 1. The molecular formula is C36H41N5O. The minimum absolute atomic E-state index is 0.482. The van der Waals surface area contributed by atoms with Crippen molar-refractivity contribution in [1.29, 1.82) is 0 Å². The molecule has 2 aliphatic heterocycles. The Bertz CT molecular complexity index is 1500. The van der Waals surface area contributed by atoms with Crippen molar-refractivity contribution >= 4 is 22.8 Å². The number of amidine groups is 1. The Morgan fingerprint density at radius 2 is 1.69 bits per heavy atom. The summed E-state index contributed by atoms with van der Waals surface area (Å²) < 4.78 is 5.49. The molecule has 0 spiro atoms. The number of anilines is 1. The number of pyridine rings is 1. The molecule has 0 amide bonds. The van der Waals surface area contributed by atoms with Crippen molar-refractivity contribution in [3.63, 3.8) is 0 Å². The van der Waals surface area contributed by atoms with E-state index in [0.717, 1.165) is 53.9 Å². The second-order valence-corrected chi connectivity index (χ2v) is 11.2. The van der Waals surface area contributed by atoms with Crippen molar-refractivity contribution in [2.45, 2.75) is 45.4 Å². The minimum atomic E-state index is 0.482. The molecular weight excluding hydrogens is 518 g/mol. The molecule has 42 heavy (non-hydrogen) atoms. The summed E-state index contributed by atoms with van der Waals surface area (Å²) in [5, 5.41) is 3.64. The van der Waals surface area contributed by atoms with Gasteiger partial charge >= 0.3 is 0 Å². The standard InChI is InChI=1S/C36H41N5O/c1-4-13-30(26-14-7-5-8-15-26)34(41-24-11-6-12-25-41)36-39-35(38-31-16-9-10-23-37-31)32(33(40(36)2)28-17-18-28)27-19-21-29(42-3)22-20-27/h5,7-10,13-16,19-23,28H,4,6,11-12,17-18,24-25H2,1-3H3,(H,37,38,39)/b30-13-,36-34+. The molecule has 3 aromatic rings. The summed E-state index contributed by atoms with van der Waals surface area (Å²) in [6, 6.07) is 25.1. The smallest absolute Gasteiger partial charge is 0.159 e. The Morgan fingerprint density at radius 1 is 0.952 bits per heavy atom. The number of rotatable bonds is 8. The van der Waals surface area contributed by atoms with Gasteiger partial charge in [-0.15, -0.1) is 0 Å². The normalized spacial score (nSPS) is 19.0. The molecule has 1 N–H and O–H groups in total. The largest absolute Gasteiger partial charge is 0.497 e. The lowest BCUT2D eigenvalue weighted by molar-refractivity contribution is 0.284. The van der Waals surface area contributed by atoms with Crippen LogP contribution in [-0.4, -0.2) is 47.9 Å². The van der Waals surface area contributed by atoms with E-state index in [1.807, 2.05) is 36.5 Å².